The quantitative estimate of drug-likeness (QED) is 0.644. The van der Waals surface area contributed by atoms with Crippen molar-refractivity contribution in [1.29, 1.82) is 0 Å². The van der Waals surface area contributed by atoms with Gasteiger partial charge in [0.05, 0.1) is 6.04 Å². The second kappa shape index (κ2) is 3.23. The summed E-state index contributed by atoms with van der Waals surface area (Å²) in [6, 6.07) is 7.01. The minimum atomic E-state index is 0.603. The molecule has 1 atom stereocenters. The first-order chi connectivity index (χ1) is 5.92. The van der Waals surface area contributed by atoms with Gasteiger partial charge in [-0.3, -0.25) is 0 Å². The van der Waals surface area contributed by atoms with Gasteiger partial charge in [0.1, 0.15) is 6.54 Å². The zero-order chi connectivity index (χ0) is 8.39. The lowest BCUT2D eigenvalue weighted by molar-refractivity contribution is -0.703. The Labute approximate surface area is 73.2 Å². The van der Waals surface area contributed by atoms with Gasteiger partial charge in [0.2, 0.25) is 0 Å². The van der Waals surface area contributed by atoms with E-state index in [1.807, 2.05) is 0 Å². The highest BCUT2D eigenvalue weighted by molar-refractivity contribution is 5.05. The van der Waals surface area contributed by atoms with Gasteiger partial charge in [-0.2, -0.15) is 0 Å². The molecule has 1 aromatic rings. The van der Waals surface area contributed by atoms with Crippen molar-refractivity contribution >= 4 is 0 Å². The van der Waals surface area contributed by atoms with Crippen molar-refractivity contribution in [2.75, 3.05) is 6.54 Å². The van der Waals surface area contributed by atoms with Crippen LogP contribution in [0.3, 0.4) is 0 Å². The number of rotatable bonds is 2. The molecule has 64 valence electrons. The van der Waals surface area contributed by atoms with E-state index in [0.29, 0.717) is 6.04 Å². The van der Waals surface area contributed by atoms with Gasteiger partial charge >= 0.3 is 0 Å². The normalized spacial score (nSPS) is 21.9. The number of hydrogen-bond acceptors (Lipinski definition) is 1. The van der Waals surface area contributed by atoms with Crippen LogP contribution < -0.4 is 9.88 Å². The van der Waals surface area contributed by atoms with Crippen LogP contribution in [-0.2, 0) is 6.54 Å². The maximum atomic E-state index is 3.42. The Morgan fingerprint density at radius 3 is 3.00 bits per heavy atom. The number of aryl methyl sites for hydroxylation is 1. The minimum Gasteiger partial charge on any atom is -0.305 e. The molecule has 1 aliphatic rings. The fraction of sp³-hybridized carbons (Fsp3) is 0.500. The van der Waals surface area contributed by atoms with Crippen LogP contribution in [0.2, 0.25) is 0 Å². The Hall–Kier alpha value is -0.890. The van der Waals surface area contributed by atoms with Crippen molar-refractivity contribution in [2.24, 2.45) is 0 Å². The number of nitrogens with one attached hydrogen (secondary N) is 1. The van der Waals surface area contributed by atoms with E-state index in [-0.39, 0.29) is 0 Å². The van der Waals surface area contributed by atoms with Crippen LogP contribution in [0.5, 0.6) is 0 Å². The molecule has 0 spiro atoms. The summed E-state index contributed by atoms with van der Waals surface area (Å²) in [6.45, 7) is 4.42. The van der Waals surface area contributed by atoms with Crippen LogP contribution in [0.15, 0.2) is 24.4 Å². The predicted octanol–water partition coefficient (Wildman–Crippen LogP) is 1.03. The summed E-state index contributed by atoms with van der Waals surface area (Å²) >= 11 is 0. The summed E-state index contributed by atoms with van der Waals surface area (Å²) in [5.41, 5.74) is 1.42. The van der Waals surface area contributed by atoms with Gasteiger partial charge in [0.15, 0.2) is 11.9 Å². The van der Waals surface area contributed by atoms with E-state index in [0.717, 1.165) is 6.54 Å². The summed E-state index contributed by atoms with van der Waals surface area (Å²) in [5, 5.41) is 3.42. The third kappa shape index (κ3) is 1.23. The summed E-state index contributed by atoms with van der Waals surface area (Å²) in [4.78, 5) is 0. The third-order valence-electron chi connectivity index (χ3n) is 2.50. The monoisotopic (exact) mass is 163 g/mol. The van der Waals surface area contributed by atoms with Crippen molar-refractivity contribution in [1.82, 2.24) is 5.32 Å². The average Bonchev–Trinajstić information content (AvgIpc) is 2.02. The van der Waals surface area contributed by atoms with Crippen molar-refractivity contribution in [3.05, 3.63) is 30.1 Å². The third-order valence-corrected chi connectivity index (χ3v) is 2.50. The zero-order valence-corrected chi connectivity index (χ0v) is 7.46. The Kier molecular flexibility index (Phi) is 2.09. The van der Waals surface area contributed by atoms with Crippen molar-refractivity contribution in [3.8, 4) is 0 Å². The van der Waals surface area contributed by atoms with E-state index in [4.69, 9.17) is 0 Å². The van der Waals surface area contributed by atoms with Gasteiger partial charge in [0, 0.05) is 12.1 Å². The number of aromatic nitrogens is 1. The van der Waals surface area contributed by atoms with Gasteiger partial charge in [0.25, 0.3) is 0 Å². The van der Waals surface area contributed by atoms with E-state index in [1.165, 1.54) is 18.7 Å². The summed E-state index contributed by atoms with van der Waals surface area (Å²) in [5.74, 6) is 0. The molecule has 1 aromatic heterocycles. The SMILES string of the molecule is CC[n+]1ccccc1C1CCN1. The Bertz CT molecular complexity index is 266. The van der Waals surface area contributed by atoms with Gasteiger partial charge in [-0.05, 0) is 19.9 Å². The Morgan fingerprint density at radius 2 is 2.42 bits per heavy atom. The fourth-order valence-corrected chi connectivity index (χ4v) is 1.63. The van der Waals surface area contributed by atoms with E-state index in [9.17, 15) is 0 Å². The molecule has 2 heteroatoms. The fourth-order valence-electron chi connectivity index (χ4n) is 1.63. The number of hydrogen-bond donors (Lipinski definition) is 1. The van der Waals surface area contributed by atoms with Gasteiger partial charge in [-0.1, -0.05) is 6.07 Å². The minimum absolute atomic E-state index is 0.603. The molecule has 1 N–H and O–H groups in total. The standard InChI is InChI=1S/C10H15N2/c1-2-12-8-4-3-5-10(12)9-6-7-11-9/h3-5,8-9,11H,2,6-7H2,1H3/q+1. The lowest BCUT2D eigenvalue weighted by Gasteiger charge is -2.25. The molecule has 0 bridgehead atoms. The average molecular weight is 163 g/mol. The van der Waals surface area contributed by atoms with Crippen LogP contribution in [0.4, 0.5) is 0 Å². The molecule has 0 aliphatic carbocycles. The van der Waals surface area contributed by atoms with Gasteiger partial charge in [-0.15, -0.1) is 0 Å². The number of pyridine rings is 1. The van der Waals surface area contributed by atoms with Crippen LogP contribution in [0.1, 0.15) is 25.1 Å². The Balaban J connectivity index is 2.27. The van der Waals surface area contributed by atoms with E-state index < -0.39 is 0 Å². The summed E-state index contributed by atoms with van der Waals surface area (Å²) in [7, 11) is 0. The lowest BCUT2D eigenvalue weighted by atomic mass is 10.0. The van der Waals surface area contributed by atoms with Gasteiger partial charge < -0.3 is 5.32 Å². The summed E-state index contributed by atoms with van der Waals surface area (Å²) < 4.78 is 2.30. The first-order valence-electron chi connectivity index (χ1n) is 4.63. The molecule has 1 saturated heterocycles. The molecule has 1 aliphatic heterocycles. The molecule has 0 saturated carbocycles. The van der Waals surface area contributed by atoms with Gasteiger partial charge in [-0.25, -0.2) is 4.57 Å². The predicted molar refractivity (Wildman–Crippen MR) is 47.7 cm³/mol. The highest BCUT2D eigenvalue weighted by Gasteiger charge is 2.25. The molecule has 2 heterocycles. The first-order valence-corrected chi connectivity index (χ1v) is 4.63. The van der Waals surface area contributed by atoms with E-state index in [2.05, 4.69) is 41.2 Å². The van der Waals surface area contributed by atoms with Crippen molar-refractivity contribution < 1.29 is 4.57 Å². The highest BCUT2D eigenvalue weighted by Crippen LogP contribution is 2.18. The van der Waals surface area contributed by atoms with E-state index in [1.54, 1.807) is 0 Å². The van der Waals surface area contributed by atoms with Crippen LogP contribution in [-0.4, -0.2) is 6.54 Å². The topological polar surface area (TPSA) is 15.9 Å². The number of nitrogens with zero attached hydrogens (tertiary/aromatic N) is 1. The molecule has 2 nitrogen and oxygen atoms in total. The second-order valence-electron chi connectivity index (χ2n) is 3.21. The maximum absolute atomic E-state index is 3.42. The van der Waals surface area contributed by atoms with E-state index >= 15 is 0 Å². The summed E-state index contributed by atoms with van der Waals surface area (Å²) in [6.07, 6.45) is 3.43. The molecule has 0 aromatic carbocycles. The van der Waals surface area contributed by atoms with Crippen molar-refractivity contribution in [3.63, 3.8) is 0 Å². The van der Waals surface area contributed by atoms with Crippen molar-refractivity contribution in [2.45, 2.75) is 25.9 Å². The molecule has 1 fully saturated rings. The molecule has 12 heavy (non-hydrogen) atoms. The molecular formula is C10H15N2+. The zero-order valence-electron chi connectivity index (χ0n) is 7.46. The molecule has 0 radical (unpaired) electrons. The van der Waals surface area contributed by atoms with Crippen LogP contribution in [0, 0.1) is 0 Å². The second-order valence-corrected chi connectivity index (χ2v) is 3.21. The molecule has 0 amide bonds. The Morgan fingerprint density at radius 1 is 1.58 bits per heavy atom. The lowest BCUT2D eigenvalue weighted by Crippen LogP contribution is -2.46. The highest BCUT2D eigenvalue weighted by atomic mass is 15.1. The molecule has 2 rings (SSSR count). The van der Waals surface area contributed by atoms with Crippen LogP contribution >= 0.6 is 0 Å². The first kappa shape index (κ1) is 7.74. The maximum Gasteiger partial charge on any atom is 0.198 e. The largest absolute Gasteiger partial charge is 0.305 e. The molecule has 1 unspecified atom stereocenters. The van der Waals surface area contributed by atoms with Crippen LogP contribution in [0.25, 0.3) is 0 Å². The smallest absolute Gasteiger partial charge is 0.198 e. The molecular weight excluding hydrogens is 148 g/mol.